The van der Waals surface area contributed by atoms with Gasteiger partial charge in [0.1, 0.15) is 0 Å². The number of carboxylic acids is 1. The van der Waals surface area contributed by atoms with Gasteiger partial charge < -0.3 is 5.11 Å². The third kappa shape index (κ3) is 1.79. The van der Waals surface area contributed by atoms with Gasteiger partial charge in [-0.05, 0) is 37.5 Å². The fraction of sp³-hybridized carbons (Fsp3) is 0.364. The lowest BCUT2D eigenvalue weighted by molar-refractivity contribution is -0.142. The van der Waals surface area contributed by atoms with Gasteiger partial charge in [-0.1, -0.05) is 22.0 Å². The minimum atomic E-state index is -3.82. The van der Waals surface area contributed by atoms with Crippen LogP contribution in [0.5, 0.6) is 0 Å². The molecule has 0 saturated heterocycles. The molecule has 92 valence electrons. The zero-order chi connectivity index (χ0) is 12.7. The minimum absolute atomic E-state index is 0.0639. The van der Waals surface area contributed by atoms with Gasteiger partial charge >= 0.3 is 5.97 Å². The lowest BCUT2D eigenvalue weighted by Gasteiger charge is -2.36. The molecule has 0 radical (unpaired) electrons. The van der Waals surface area contributed by atoms with Crippen molar-refractivity contribution in [2.45, 2.75) is 28.9 Å². The molecule has 0 heterocycles. The summed E-state index contributed by atoms with van der Waals surface area (Å²) in [6, 6.07) is 6.17. The van der Waals surface area contributed by atoms with Crippen LogP contribution in [0.2, 0.25) is 0 Å². The normalized spacial score (nSPS) is 18.4. The van der Waals surface area contributed by atoms with Crippen molar-refractivity contribution < 1.29 is 18.3 Å². The molecule has 0 unspecified atom stereocenters. The van der Waals surface area contributed by atoms with E-state index in [1.165, 1.54) is 12.1 Å². The Morgan fingerprint density at radius 3 is 2.41 bits per heavy atom. The number of carbonyl (C=O) groups is 1. The topological polar surface area (TPSA) is 71.4 Å². The Hall–Kier alpha value is -0.880. The number of rotatable bonds is 3. The Balaban J connectivity index is 2.54. The summed E-state index contributed by atoms with van der Waals surface area (Å²) in [6.45, 7) is 0. The van der Waals surface area contributed by atoms with Gasteiger partial charge in [-0.25, -0.2) is 8.42 Å². The minimum Gasteiger partial charge on any atom is -0.480 e. The largest absolute Gasteiger partial charge is 0.480 e. The number of hydrogen-bond acceptors (Lipinski definition) is 3. The van der Waals surface area contributed by atoms with Gasteiger partial charge in [0, 0.05) is 4.47 Å². The van der Waals surface area contributed by atoms with Crippen molar-refractivity contribution in [2.75, 3.05) is 0 Å². The summed E-state index contributed by atoms with van der Waals surface area (Å²) in [6.07, 6.45) is 1.02. The average molecular weight is 319 g/mol. The van der Waals surface area contributed by atoms with E-state index in [1.54, 1.807) is 12.1 Å². The van der Waals surface area contributed by atoms with Crippen LogP contribution in [0.15, 0.2) is 33.6 Å². The molecule has 1 N–H and O–H groups in total. The fourth-order valence-electron chi connectivity index (χ4n) is 1.96. The Morgan fingerprint density at radius 1 is 1.35 bits per heavy atom. The van der Waals surface area contributed by atoms with E-state index in [0.717, 1.165) is 0 Å². The van der Waals surface area contributed by atoms with Crippen molar-refractivity contribution in [3.63, 3.8) is 0 Å². The number of sulfone groups is 1. The van der Waals surface area contributed by atoms with Gasteiger partial charge in [0.05, 0.1) is 4.90 Å². The third-order valence-corrected chi connectivity index (χ3v) is 6.15. The van der Waals surface area contributed by atoms with E-state index in [2.05, 4.69) is 15.9 Å². The first-order chi connectivity index (χ1) is 7.90. The molecular formula is C11H11BrO4S. The van der Waals surface area contributed by atoms with Gasteiger partial charge in [0.25, 0.3) is 0 Å². The van der Waals surface area contributed by atoms with Crippen LogP contribution in [0.1, 0.15) is 19.3 Å². The second-order valence-electron chi connectivity index (χ2n) is 4.11. The summed E-state index contributed by atoms with van der Waals surface area (Å²) in [5.74, 6) is -1.25. The molecule has 1 fully saturated rings. The molecule has 0 spiro atoms. The number of hydrogen-bond donors (Lipinski definition) is 1. The highest BCUT2D eigenvalue weighted by atomic mass is 79.9. The Morgan fingerprint density at radius 2 is 2.00 bits per heavy atom. The van der Waals surface area contributed by atoms with Crippen molar-refractivity contribution in [3.05, 3.63) is 28.7 Å². The van der Waals surface area contributed by atoms with E-state index in [4.69, 9.17) is 5.11 Å². The van der Waals surface area contributed by atoms with Gasteiger partial charge in [0.15, 0.2) is 14.6 Å². The van der Waals surface area contributed by atoms with Crippen LogP contribution in [0.25, 0.3) is 0 Å². The van der Waals surface area contributed by atoms with Crippen LogP contribution in [0.3, 0.4) is 0 Å². The molecule has 0 aliphatic heterocycles. The zero-order valence-corrected chi connectivity index (χ0v) is 11.3. The van der Waals surface area contributed by atoms with Crippen LogP contribution in [0.4, 0.5) is 0 Å². The van der Waals surface area contributed by atoms with Gasteiger partial charge in [-0.3, -0.25) is 4.79 Å². The maximum atomic E-state index is 12.3. The van der Waals surface area contributed by atoms with Gasteiger partial charge in [-0.15, -0.1) is 0 Å². The van der Waals surface area contributed by atoms with Crippen LogP contribution in [-0.4, -0.2) is 24.2 Å². The van der Waals surface area contributed by atoms with E-state index in [0.29, 0.717) is 10.9 Å². The summed E-state index contributed by atoms with van der Waals surface area (Å²) in [7, 11) is -3.82. The van der Waals surface area contributed by atoms with Crippen LogP contribution in [-0.2, 0) is 14.6 Å². The average Bonchev–Trinajstić information content (AvgIpc) is 2.14. The molecule has 0 bridgehead atoms. The van der Waals surface area contributed by atoms with Crippen LogP contribution < -0.4 is 0 Å². The zero-order valence-electron chi connectivity index (χ0n) is 8.89. The summed E-state index contributed by atoms with van der Waals surface area (Å²) in [5.41, 5.74) is 0. The molecule has 1 aliphatic rings. The summed E-state index contributed by atoms with van der Waals surface area (Å²) >= 11 is 3.19. The first-order valence-electron chi connectivity index (χ1n) is 5.14. The van der Waals surface area contributed by atoms with Crippen molar-refractivity contribution in [1.82, 2.24) is 0 Å². The molecule has 1 aromatic carbocycles. The second-order valence-corrected chi connectivity index (χ2v) is 7.29. The van der Waals surface area contributed by atoms with E-state index in [9.17, 15) is 13.2 Å². The van der Waals surface area contributed by atoms with E-state index in [1.807, 2.05) is 0 Å². The Bertz CT molecular complexity index is 561. The number of aliphatic carboxylic acids is 1. The number of benzene rings is 1. The van der Waals surface area contributed by atoms with Crippen LogP contribution >= 0.6 is 15.9 Å². The smallest absolute Gasteiger partial charge is 0.325 e. The molecule has 1 saturated carbocycles. The lowest BCUT2D eigenvalue weighted by atomic mass is 9.84. The first kappa shape index (κ1) is 12.6. The molecule has 6 heteroatoms. The SMILES string of the molecule is O=C(O)C1(S(=O)(=O)c2cccc(Br)c2)CCC1. The molecular weight excluding hydrogens is 308 g/mol. The molecule has 0 aromatic heterocycles. The van der Waals surface area contributed by atoms with Crippen molar-refractivity contribution in [3.8, 4) is 0 Å². The predicted molar refractivity (Wildman–Crippen MR) is 65.5 cm³/mol. The van der Waals surface area contributed by atoms with Gasteiger partial charge in [-0.2, -0.15) is 0 Å². The fourth-order valence-corrected chi connectivity index (χ4v) is 4.55. The van der Waals surface area contributed by atoms with Crippen molar-refractivity contribution in [2.24, 2.45) is 0 Å². The highest BCUT2D eigenvalue weighted by molar-refractivity contribution is 9.10. The first-order valence-corrected chi connectivity index (χ1v) is 7.41. The van der Waals surface area contributed by atoms with Crippen molar-refractivity contribution >= 4 is 31.7 Å². The van der Waals surface area contributed by atoms with Crippen molar-refractivity contribution in [1.29, 1.82) is 0 Å². The standard InChI is InChI=1S/C11H11BrO4S/c12-8-3-1-4-9(7-8)17(15,16)11(10(13)14)5-2-6-11/h1,3-4,7H,2,5-6H2,(H,13,14). The Kier molecular flexibility index (Phi) is 3.03. The molecule has 0 atom stereocenters. The highest BCUT2D eigenvalue weighted by Gasteiger charge is 2.56. The number of carboxylic acid groups (broad SMARTS) is 1. The Labute approximate surface area is 108 Å². The maximum Gasteiger partial charge on any atom is 0.325 e. The van der Waals surface area contributed by atoms with Crippen LogP contribution in [0, 0.1) is 0 Å². The number of halogens is 1. The third-order valence-electron chi connectivity index (χ3n) is 3.17. The summed E-state index contributed by atoms with van der Waals surface area (Å²) in [4.78, 5) is 11.3. The van der Waals surface area contributed by atoms with E-state index < -0.39 is 20.6 Å². The highest BCUT2D eigenvalue weighted by Crippen LogP contribution is 2.43. The van der Waals surface area contributed by atoms with Gasteiger partial charge in [0.2, 0.25) is 0 Å². The molecule has 1 aromatic rings. The quantitative estimate of drug-likeness (QED) is 0.927. The molecule has 2 rings (SSSR count). The lowest BCUT2D eigenvalue weighted by Crippen LogP contribution is -2.51. The van der Waals surface area contributed by atoms with E-state index in [-0.39, 0.29) is 17.7 Å². The predicted octanol–water partition coefficient (Wildman–Crippen LogP) is 2.23. The summed E-state index contributed by atoms with van der Waals surface area (Å²) in [5, 5.41) is 9.16. The maximum absolute atomic E-state index is 12.3. The second kappa shape index (κ2) is 4.10. The molecule has 0 amide bonds. The molecule has 4 nitrogen and oxygen atoms in total. The molecule has 17 heavy (non-hydrogen) atoms. The molecule has 1 aliphatic carbocycles. The summed E-state index contributed by atoms with van der Waals surface area (Å²) < 4.78 is 23.7. The van der Waals surface area contributed by atoms with E-state index >= 15 is 0 Å². The monoisotopic (exact) mass is 318 g/mol.